The van der Waals surface area contributed by atoms with Gasteiger partial charge in [0.15, 0.2) is 0 Å². The summed E-state index contributed by atoms with van der Waals surface area (Å²) in [4.78, 5) is 24.7. The van der Waals surface area contributed by atoms with E-state index in [0.717, 1.165) is 14.7 Å². The number of hydrogen-bond acceptors (Lipinski definition) is 3. The smallest absolute Gasteiger partial charge is 0.279 e. The summed E-state index contributed by atoms with van der Waals surface area (Å²) in [6.07, 6.45) is 1.74. The van der Waals surface area contributed by atoms with Crippen LogP contribution in [0.1, 0.15) is 20.0 Å². The van der Waals surface area contributed by atoms with Crippen molar-refractivity contribution in [2.24, 2.45) is 7.05 Å². The number of benzene rings is 1. The van der Waals surface area contributed by atoms with Gasteiger partial charge in [-0.3, -0.25) is 20.4 Å². The Morgan fingerprint density at radius 3 is 2.55 bits per heavy atom. The maximum atomic E-state index is 12.3. The molecule has 0 bridgehead atoms. The van der Waals surface area contributed by atoms with E-state index in [1.165, 1.54) is 11.3 Å². The number of aryl methyl sites for hydroxylation is 1. The molecule has 0 spiro atoms. The molecule has 5 nitrogen and oxygen atoms in total. The van der Waals surface area contributed by atoms with Crippen LogP contribution in [0.15, 0.2) is 46.4 Å². The zero-order valence-electron chi connectivity index (χ0n) is 11.6. The zero-order valence-corrected chi connectivity index (χ0v) is 14.0. The van der Waals surface area contributed by atoms with Crippen molar-refractivity contribution in [3.05, 3.63) is 56.8 Å². The van der Waals surface area contributed by atoms with Gasteiger partial charge in [0.1, 0.15) is 0 Å². The second-order valence-corrected chi connectivity index (χ2v) is 7.15. The van der Waals surface area contributed by atoms with Crippen LogP contribution in [0.25, 0.3) is 10.9 Å². The maximum Gasteiger partial charge on any atom is 0.279 e. The van der Waals surface area contributed by atoms with Crippen LogP contribution in [-0.4, -0.2) is 16.4 Å². The third-order valence-corrected chi connectivity index (χ3v) is 4.85. The number of rotatable bonds is 2. The molecule has 112 valence electrons. The SMILES string of the molecule is Cn1cc(C(=O)NNC(=O)c2ccc(Br)s2)c2ccccc21. The minimum absolute atomic E-state index is 0.343. The van der Waals surface area contributed by atoms with Crippen LogP contribution >= 0.6 is 27.3 Å². The molecule has 0 saturated heterocycles. The number of halogens is 1. The van der Waals surface area contributed by atoms with Crippen molar-refractivity contribution in [2.45, 2.75) is 0 Å². The normalized spacial score (nSPS) is 10.6. The van der Waals surface area contributed by atoms with Crippen LogP contribution in [0, 0.1) is 0 Å². The Morgan fingerprint density at radius 1 is 1.09 bits per heavy atom. The molecule has 0 unspecified atom stereocenters. The van der Waals surface area contributed by atoms with Crippen molar-refractivity contribution in [1.82, 2.24) is 15.4 Å². The number of hydrogen-bond donors (Lipinski definition) is 2. The summed E-state index contributed by atoms with van der Waals surface area (Å²) in [5.74, 6) is -0.690. The van der Waals surface area contributed by atoms with Gasteiger partial charge < -0.3 is 4.57 Å². The Kier molecular flexibility index (Phi) is 4.00. The Bertz CT molecular complexity index is 869. The summed E-state index contributed by atoms with van der Waals surface area (Å²) in [5, 5.41) is 0.843. The van der Waals surface area contributed by atoms with Crippen molar-refractivity contribution < 1.29 is 9.59 Å². The minimum atomic E-state index is -0.347. The van der Waals surface area contributed by atoms with Gasteiger partial charge in [0.25, 0.3) is 11.8 Å². The first-order chi connectivity index (χ1) is 10.6. The molecule has 1 aromatic carbocycles. The average molecular weight is 378 g/mol. The summed E-state index contributed by atoms with van der Waals surface area (Å²) in [6, 6.07) is 11.1. The molecule has 0 radical (unpaired) electrons. The second-order valence-electron chi connectivity index (χ2n) is 4.68. The van der Waals surface area contributed by atoms with E-state index < -0.39 is 0 Å². The third-order valence-electron chi connectivity index (χ3n) is 3.23. The van der Waals surface area contributed by atoms with E-state index in [0.29, 0.717) is 10.4 Å². The van der Waals surface area contributed by atoms with Gasteiger partial charge in [0.2, 0.25) is 0 Å². The number of carbonyl (C=O) groups is 2. The molecule has 2 aromatic heterocycles. The number of hydrazine groups is 1. The van der Waals surface area contributed by atoms with Crippen LogP contribution in [0.2, 0.25) is 0 Å². The molecule has 3 rings (SSSR count). The van der Waals surface area contributed by atoms with Gasteiger partial charge in [-0.2, -0.15) is 0 Å². The minimum Gasteiger partial charge on any atom is -0.350 e. The summed E-state index contributed by atoms with van der Waals surface area (Å²) in [5.41, 5.74) is 6.36. The van der Waals surface area contributed by atoms with Gasteiger partial charge in [-0.25, -0.2) is 0 Å². The standard InChI is InChI=1S/C15H12BrN3O2S/c1-19-8-10(9-4-2-3-5-11(9)19)14(20)17-18-15(21)12-6-7-13(16)22-12/h2-8H,1H3,(H,17,20)(H,18,21). The highest BCUT2D eigenvalue weighted by molar-refractivity contribution is 9.11. The van der Waals surface area contributed by atoms with Gasteiger partial charge in [-0.15, -0.1) is 11.3 Å². The van der Waals surface area contributed by atoms with E-state index in [9.17, 15) is 9.59 Å². The number of amides is 2. The van der Waals surface area contributed by atoms with E-state index >= 15 is 0 Å². The number of nitrogens with zero attached hydrogens (tertiary/aromatic N) is 1. The summed E-state index contributed by atoms with van der Waals surface area (Å²) in [6.45, 7) is 0. The quantitative estimate of drug-likeness (QED) is 0.674. The van der Waals surface area contributed by atoms with Crippen molar-refractivity contribution >= 4 is 50.0 Å². The topological polar surface area (TPSA) is 63.1 Å². The molecule has 0 aliphatic rings. The molecule has 0 fully saturated rings. The van der Waals surface area contributed by atoms with Gasteiger partial charge in [0.05, 0.1) is 14.2 Å². The lowest BCUT2D eigenvalue weighted by atomic mass is 10.2. The molecule has 3 aromatic rings. The van der Waals surface area contributed by atoms with Crippen LogP contribution < -0.4 is 10.9 Å². The van der Waals surface area contributed by atoms with E-state index in [1.54, 1.807) is 18.3 Å². The number of para-hydroxylation sites is 1. The number of fused-ring (bicyclic) bond motifs is 1. The highest BCUT2D eigenvalue weighted by Crippen LogP contribution is 2.22. The Balaban J connectivity index is 1.75. The zero-order chi connectivity index (χ0) is 15.7. The highest BCUT2D eigenvalue weighted by atomic mass is 79.9. The number of carbonyl (C=O) groups excluding carboxylic acids is 2. The molecule has 2 amide bonds. The fourth-order valence-electron chi connectivity index (χ4n) is 2.20. The highest BCUT2D eigenvalue weighted by Gasteiger charge is 2.15. The monoisotopic (exact) mass is 377 g/mol. The third kappa shape index (κ3) is 2.77. The van der Waals surface area contributed by atoms with E-state index in [-0.39, 0.29) is 11.8 Å². The van der Waals surface area contributed by atoms with Crippen molar-refractivity contribution in [2.75, 3.05) is 0 Å². The van der Waals surface area contributed by atoms with Crippen LogP contribution in [-0.2, 0) is 7.05 Å². The lowest BCUT2D eigenvalue weighted by molar-refractivity contribution is 0.0849. The molecule has 0 aliphatic heterocycles. The summed E-state index contributed by atoms with van der Waals surface area (Å²) >= 11 is 4.59. The van der Waals surface area contributed by atoms with Crippen LogP contribution in [0.3, 0.4) is 0 Å². The first-order valence-corrected chi connectivity index (χ1v) is 8.07. The number of aromatic nitrogens is 1. The Labute approximate surface area is 139 Å². The van der Waals surface area contributed by atoms with Gasteiger partial charge >= 0.3 is 0 Å². The predicted molar refractivity (Wildman–Crippen MR) is 89.9 cm³/mol. The first-order valence-electron chi connectivity index (χ1n) is 6.46. The fourth-order valence-corrected chi connectivity index (χ4v) is 3.48. The molecule has 0 atom stereocenters. The molecule has 7 heteroatoms. The van der Waals surface area contributed by atoms with Crippen LogP contribution in [0.5, 0.6) is 0 Å². The molecule has 2 heterocycles. The summed E-state index contributed by atoms with van der Waals surface area (Å²) < 4.78 is 2.74. The lowest BCUT2D eigenvalue weighted by Gasteiger charge is -2.05. The first kappa shape index (κ1) is 14.8. The second kappa shape index (κ2) is 5.94. The van der Waals surface area contributed by atoms with Gasteiger partial charge in [-0.1, -0.05) is 18.2 Å². The fraction of sp³-hybridized carbons (Fsp3) is 0.0667. The average Bonchev–Trinajstić information content (AvgIpc) is 3.09. The lowest BCUT2D eigenvalue weighted by Crippen LogP contribution is -2.41. The largest absolute Gasteiger partial charge is 0.350 e. The molecule has 2 N–H and O–H groups in total. The molecule has 0 aliphatic carbocycles. The van der Waals surface area contributed by atoms with E-state index in [1.807, 2.05) is 35.9 Å². The predicted octanol–water partition coefficient (Wildman–Crippen LogP) is 3.08. The summed E-state index contributed by atoms with van der Waals surface area (Å²) in [7, 11) is 1.88. The maximum absolute atomic E-state index is 12.3. The number of thiophene rings is 1. The van der Waals surface area contributed by atoms with Crippen molar-refractivity contribution in [3.8, 4) is 0 Å². The molecular formula is C15H12BrN3O2S. The van der Waals surface area contributed by atoms with Crippen molar-refractivity contribution in [1.29, 1.82) is 0 Å². The van der Waals surface area contributed by atoms with Crippen molar-refractivity contribution in [3.63, 3.8) is 0 Å². The van der Waals surface area contributed by atoms with Crippen LogP contribution in [0.4, 0.5) is 0 Å². The van der Waals surface area contributed by atoms with E-state index in [2.05, 4.69) is 26.8 Å². The Hall–Kier alpha value is -2.12. The molecular weight excluding hydrogens is 366 g/mol. The Morgan fingerprint density at radius 2 is 1.82 bits per heavy atom. The molecule has 0 saturated carbocycles. The van der Waals surface area contributed by atoms with Gasteiger partial charge in [0, 0.05) is 24.1 Å². The van der Waals surface area contributed by atoms with Gasteiger partial charge in [-0.05, 0) is 34.1 Å². The van der Waals surface area contributed by atoms with E-state index in [4.69, 9.17) is 0 Å². The number of nitrogens with one attached hydrogen (secondary N) is 2. The molecule has 22 heavy (non-hydrogen) atoms.